The Bertz CT molecular complexity index is 203. The maximum Gasteiger partial charge on any atom is 0.166 e. The number of rotatable bonds is 3. The largest absolute Gasteiger partial charge is 0.362 e. The normalized spacial score (nSPS) is 20.4. The van der Waals surface area contributed by atoms with Crippen LogP contribution in [-0.2, 0) is 0 Å². The first-order valence-corrected chi connectivity index (χ1v) is 5.84. The molecular weight excluding hydrogens is 192 g/mol. The van der Waals surface area contributed by atoms with Crippen molar-refractivity contribution >= 4 is 17.3 Å². The molecule has 1 aliphatic rings. The highest BCUT2D eigenvalue weighted by molar-refractivity contribution is 7.80. The van der Waals surface area contributed by atoms with Crippen molar-refractivity contribution in [2.24, 2.45) is 11.3 Å². The van der Waals surface area contributed by atoms with Crippen molar-refractivity contribution in [1.82, 2.24) is 10.6 Å². The molecule has 0 aromatic heterocycles. The van der Waals surface area contributed by atoms with Gasteiger partial charge in [0.15, 0.2) is 5.11 Å². The van der Waals surface area contributed by atoms with Crippen molar-refractivity contribution in [2.45, 2.75) is 46.6 Å². The zero-order valence-corrected chi connectivity index (χ0v) is 10.5. The molecule has 1 saturated carbocycles. The summed E-state index contributed by atoms with van der Waals surface area (Å²) in [5.41, 5.74) is 0.519. The molecule has 2 nitrogen and oxygen atoms in total. The van der Waals surface area contributed by atoms with Gasteiger partial charge in [-0.3, -0.25) is 0 Å². The summed E-state index contributed by atoms with van der Waals surface area (Å²) in [5.74, 6) is 0.646. The molecule has 0 saturated heterocycles. The lowest BCUT2D eigenvalue weighted by Crippen LogP contribution is -2.51. The summed E-state index contributed by atoms with van der Waals surface area (Å²) in [6.07, 6.45) is 2.47. The van der Waals surface area contributed by atoms with E-state index in [0.717, 1.165) is 11.7 Å². The van der Waals surface area contributed by atoms with Crippen molar-refractivity contribution in [3.05, 3.63) is 0 Å². The van der Waals surface area contributed by atoms with E-state index in [0.29, 0.717) is 17.4 Å². The number of thiocarbonyl (C=S) groups is 1. The summed E-state index contributed by atoms with van der Waals surface area (Å²) in [6, 6.07) is 0.595. The lowest BCUT2D eigenvalue weighted by atomic mass is 9.68. The van der Waals surface area contributed by atoms with Gasteiger partial charge in [-0.2, -0.15) is 0 Å². The summed E-state index contributed by atoms with van der Waals surface area (Å²) < 4.78 is 0. The Morgan fingerprint density at radius 1 is 1.43 bits per heavy atom. The van der Waals surface area contributed by atoms with Crippen LogP contribution in [0.15, 0.2) is 0 Å². The maximum absolute atomic E-state index is 5.20. The molecule has 1 fully saturated rings. The lowest BCUT2D eigenvalue weighted by molar-refractivity contribution is 0.140. The Hall–Kier alpha value is -0.310. The summed E-state index contributed by atoms with van der Waals surface area (Å²) in [4.78, 5) is 0. The predicted molar refractivity (Wildman–Crippen MR) is 65.4 cm³/mol. The fourth-order valence-corrected chi connectivity index (χ4v) is 2.16. The van der Waals surface area contributed by atoms with Crippen LogP contribution < -0.4 is 10.6 Å². The predicted octanol–water partition coefficient (Wildman–Crippen LogP) is 2.30. The third-order valence-corrected chi connectivity index (χ3v) is 2.87. The van der Waals surface area contributed by atoms with Gasteiger partial charge in [0.2, 0.25) is 0 Å². The van der Waals surface area contributed by atoms with E-state index in [2.05, 4.69) is 38.3 Å². The van der Waals surface area contributed by atoms with Gasteiger partial charge in [0.05, 0.1) is 0 Å². The zero-order chi connectivity index (χ0) is 10.8. The molecule has 0 radical (unpaired) electrons. The summed E-state index contributed by atoms with van der Waals surface area (Å²) in [5, 5.41) is 7.40. The molecule has 0 unspecified atom stereocenters. The van der Waals surface area contributed by atoms with Gasteiger partial charge in [-0.1, -0.05) is 27.7 Å². The molecule has 3 heteroatoms. The third kappa shape index (κ3) is 3.82. The second-order valence-corrected chi connectivity index (χ2v) is 5.93. The molecule has 0 amide bonds. The van der Waals surface area contributed by atoms with Gasteiger partial charge in [0.1, 0.15) is 0 Å². The molecule has 1 rings (SSSR count). The van der Waals surface area contributed by atoms with Crippen molar-refractivity contribution in [3.63, 3.8) is 0 Å². The van der Waals surface area contributed by atoms with Gasteiger partial charge < -0.3 is 10.6 Å². The van der Waals surface area contributed by atoms with E-state index in [4.69, 9.17) is 12.2 Å². The summed E-state index contributed by atoms with van der Waals surface area (Å²) in [6.45, 7) is 9.93. The molecular formula is C11H22N2S. The van der Waals surface area contributed by atoms with Crippen LogP contribution >= 0.6 is 12.2 Å². The zero-order valence-electron chi connectivity index (χ0n) is 9.68. The minimum atomic E-state index is 0.519. The Morgan fingerprint density at radius 3 is 2.43 bits per heavy atom. The molecule has 82 valence electrons. The van der Waals surface area contributed by atoms with E-state index in [1.54, 1.807) is 0 Å². The van der Waals surface area contributed by atoms with Gasteiger partial charge in [-0.05, 0) is 36.4 Å². The van der Waals surface area contributed by atoms with Crippen LogP contribution in [0.1, 0.15) is 40.5 Å². The fraction of sp³-hybridized carbons (Fsp3) is 0.909. The minimum absolute atomic E-state index is 0.519. The molecule has 0 aromatic carbocycles. The second kappa shape index (κ2) is 4.47. The second-order valence-electron chi connectivity index (χ2n) is 5.52. The average Bonchev–Trinajstić information content (AvgIpc) is 1.97. The van der Waals surface area contributed by atoms with Gasteiger partial charge in [0, 0.05) is 12.6 Å². The highest BCUT2D eigenvalue weighted by Crippen LogP contribution is 2.39. The Morgan fingerprint density at radius 2 is 2.00 bits per heavy atom. The van der Waals surface area contributed by atoms with E-state index in [-0.39, 0.29) is 0 Å². The smallest absolute Gasteiger partial charge is 0.166 e. The SMILES string of the molecule is CC(C)CNC(=S)NC1CC(C)(C)C1. The standard InChI is InChI=1S/C11H22N2S/c1-8(2)7-12-10(14)13-9-5-11(3,4)6-9/h8-9H,5-7H2,1-4H3,(H2,12,13,14). The van der Waals surface area contributed by atoms with Gasteiger partial charge in [-0.15, -0.1) is 0 Å². The van der Waals surface area contributed by atoms with E-state index in [9.17, 15) is 0 Å². The fourth-order valence-electron chi connectivity index (χ4n) is 1.91. The summed E-state index contributed by atoms with van der Waals surface area (Å²) in [7, 11) is 0. The Labute approximate surface area is 92.8 Å². The van der Waals surface area contributed by atoms with Crippen LogP contribution in [0.5, 0.6) is 0 Å². The first kappa shape index (κ1) is 11.8. The Kier molecular flexibility index (Phi) is 3.76. The Balaban J connectivity index is 2.11. The van der Waals surface area contributed by atoms with Gasteiger partial charge in [-0.25, -0.2) is 0 Å². The first-order chi connectivity index (χ1) is 6.39. The molecule has 2 N–H and O–H groups in total. The first-order valence-electron chi connectivity index (χ1n) is 5.43. The van der Waals surface area contributed by atoms with Crippen LogP contribution in [0.2, 0.25) is 0 Å². The molecule has 0 aromatic rings. The number of nitrogens with one attached hydrogen (secondary N) is 2. The van der Waals surface area contributed by atoms with Crippen molar-refractivity contribution in [1.29, 1.82) is 0 Å². The number of hydrogen-bond acceptors (Lipinski definition) is 1. The van der Waals surface area contributed by atoms with Crippen molar-refractivity contribution in [3.8, 4) is 0 Å². The van der Waals surface area contributed by atoms with Crippen LogP contribution in [0.4, 0.5) is 0 Å². The van der Waals surface area contributed by atoms with E-state index in [1.165, 1.54) is 12.8 Å². The average molecular weight is 214 g/mol. The van der Waals surface area contributed by atoms with E-state index >= 15 is 0 Å². The topological polar surface area (TPSA) is 24.1 Å². The van der Waals surface area contributed by atoms with Crippen LogP contribution in [0, 0.1) is 11.3 Å². The molecule has 0 spiro atoms. The highest BCUT2D eigenvalue weighted by atomic mass is 32.1. The molecule has 0 atom stereocenters. The maximum atomic E-state index is 5.20. The quantitative estimate of drug-likeness (QED) is 0.705. The minimum Gasteiger partial charge on any atom is -0.362 e. The monoisotopic (exact) mass is 214 g/mol. The van der Waals surface area contributed by atoms with Crippen LogP contribution in [0.3, 0.4) is 0 Å². The van der Waals surface area contributed by atoms with Gasteiger partial charge in [0.25, 0.3) is 0 Å². The molecule has 1 aliphatic carbocycles. The van der Waals surface area contributed by atoms with Crippen LogP contribution in [-0.4, -0.2) is 17.7 Å². The third-order valence-electron chi connectivity index (χ3n) is 2.60. The molecule has 0 heterocycles. The van der Waals surface area contributed by atoms with Crippen molar-refractivity contribution in [2.75, 3.05) is 6.54 Å². The van der Waals surface area contributed by atoms with E-state index < -0.39 is 0 Å². The summed E-state index contributed by atoms with van der Waals surface area (Å²) >= 11 is 5.20. The molecule has 14 heavy (non-hydrogen) atoms. The molecule has 0 bridgehead atoms. The van der Waals surface area contributed by atoms with E-state index in [1.807, 2.05) is 0 Å². The molecule has 0 aliphatic heterocycles. The van der Waals surface area contributed by atoms with Gasteiger partial charge >= 0.3 is 0 Å². The number of hydrogen-bond donors (Lipinski definition) is 2. The van der Waals surface area contributed by atoms with Crippen LogP contribution in [0.25, 0.3) is 0 Å². The van der Waals surface area contributed by atoms with Crippen molar-refractivity contribution < 1.29 is 0 Å². The lowest BCUT2D eigenvalue weighted by Gasteiger charge is -2.43. The highest BCUT2D eigenvalue weighted by Gasteiger charge is 2.36.